The molecule has 6 rings (SSSR count). The summed E-state index contributed by atoms with van der Waals surface area (Å²) in [6.07, 6.45) is 1.77. The molecule has 0 atom stereocenters. The Balaban J connectivity index is 1.45. The normalized spacial score (nSPS) is 16.1. The molecule has 0 bridgehead atoms. The molecular formula is C22H17ClN6O2. The fourth-order valence-electron chi connectivity index (χ4n) is 3.89. The third kappa shape index (κ3) is 2.96. The van der Waals surface area contributed by atoms with Gasteiger partial charge in [0.25, 0.3) is 0 Å². The lowest BCUT2D eigenvalue weighted by Gasteiger charge is -2.28. The number of benzene rings is 2. The number of pyridine rings is 1. The highest BCUT2D eigenvalue weighted by atomic mass is 35.5. The summed E-state index contributed by atoms with van der Waals surface area (Å²) in [6.45, 7) is 2.37. The van der Waals surface area contributed by atoms with Crippen molar-refractivity contribution >= 4 is 28.8 Å². The first kappa shape index (κ1) is 18.3. The Bertz CT molecular complexity index is 1300. The molecule has 2 aliphatic rings. The molecule has 31 heavy (non-hydrogen) atoms. The highest BCUT2D eigenvalue weighted by Gasteiger charge is 2.58. The zero-order valence-electron chi connectivity index (χ0n) is 16.5. The van der Waals surface area contributed by atoms with Crippen LogP contribution in [-0.4, -0.2) is 20.2 Å². The first-order chi connectivity index (χ1) is 15.1. The number of nitrogens with zero attached hydrogens (tertiary/aromatic N) is 4. The molecule has 4 aromatic rings. The van der Waals surface area contributed by atoms with Crippen LogP contribution in [0.4, 0.5) is 17.2 Å². The molecule has 154 valence electrons. The summed E-state index contributed by atoms with van der Waals surface area (Å²) in [5, 5.41) is 11.0. The molecule has 0 aliphatic carbocycles. The number of aromatic amines is 1. The number of halogens is 1. The number of aryl methyl sites for hydroxylation is 1. The lowest BCUT2D eigenvalue weighted by atomic mass is 10.1. The van der Waals surface area contributed by atoms with Gasteiger partial charge in [-0.25, -0.2) is 9.97 Å². The Labute approximate surface area is 182 Å². The van der Waals surface area contributed by atoms with Crippen molar-refractivity contribution in [3.63, 3.8) is 0 Å². The van der Waals surface area contributed by atoms with Crippen molar-refractivity contribution in [1.29, 1.82) is 0 Å². The van der Waals surface area contributed by atoms with Gasteiger partial charge in [0.1, 0.15) is 11.6 Å². The third-order valence-electron chi connectivity index (χ3n) is 5.43. The molecule has 4 heterocycles. The van der Waals surface area contributed by atoms with Crippen molar-refractivity contribution in [2.45, 2.75) is 19.4 Å². The third-order valence-corrected chi connectivity index (χ3v) is 5.74. The lowest BCUT2D eigenvalue weighted by Crippen LogP contribution is -2.36. The van der Waals surface area contributed by atoms with Gasteiger partial charge in [-0.05, 0) is 37.3 Å². The van der Waals surface area contributed by atoms with Crippen molar-refractivity contribution in [3.05, 3.63) is 82.8 Å². The Morgan fingerprint density at radius 3 is 2.74 bits per heavy atom. The van der Waals surface area contributed by atoms with Gasteiger partial charge in [-0.15, -0.1) is 0 Å². The highest BCUT2D eigenvalue weighted by Crippen LogP contribution is 2.52. The molecule has 2 aliphatic heterocycles. The number of hydrogen-bond donors (Lipinski definition) is 2. The fraction of sp³-hybridized carbons (Fsp3) is 0.136. The number of aromatic nitrogens is 4. The van der Waals surface area contributed by atoms with Crippen LogP contribution in [0.1, 0.15) is 17.0 Å². The van der Waals surface area contributed by atoms with Gasteiger partial charge in [0.2, 0.25) is 0 Å². The van der Waals surface area contributed by atoms with Gasteiger partial charge in [0, 0.05) is 17.3 Å². The Morgan fingerprint density at radius 1 is 1.10 bits per heavy atom. The molecule has 2 aromatic heterocycles. The Kier molecular flexibility index (Phi) is 4.01. The number of hydrogen-bond acceptors (Lipinski definition) is 7. The van der Waals surface area contributed by atoms with E-state index in [4.69, 9.17) is 21.4 Å². The Hall–Kier alpha value is -3.46. The van der Waals surface area contributed by atoms with Gasteiger partial charge < -0.3 is 10.2 Å². The molecule has 0 unspecified atom stereocenters. The average molecular weight is 433 g/mol. The summed E-state index contributed by atoms with van der Waals surface area (Å²) >= 11 is 6.72. The quantitative estimate of drug-likeness (QED) is 0.359. The molecule has 1 saturated heterocycles. The zero-order valence-corrected chi connectivity index (χ0v) is 17.2. The SMILES string of the molecule is Cc1nc(-c2ccc(C3(N4Cc5cccnc5Nc5ccccc54)OO3)c(Cl)c2)n[nH]1. The highest BCUT2D eigenvalue weighted by molar-refractivity contribution is 6.31. The molecule has 0 radical (unpaired) electrons. The second-order valence-corrected chi connectivity index (χ2v) is 7.83. The van der Waals surface area contributed by atoms with Gasteiger partial charge in [-0.3, -0.25) is 5.10 Å². The molecule has 2 aromatic carbocycles. The van der Waals surface area contributed by atoms with E-state index < -0.39 is 5.91 Å². The molecule has 1 fully saturated rings. The smallest absolute Gasteiger partial charge is 0.338 e. The van der Waals surface area contributed by atoms with Crippen molar-refractivity contribution in [2.75, 3.05) is 10.2 Å². The summed E-state index contributed by atoms with van der Waals surface area (Å²) in [7, 11) is 0. The minimum Gasteiger partial charge on any atom is -0.338 e. The van der Waals surface area contributed by atoms with Gasteiger partial charge in [0.05, 0.1) is 28.5 Å². The maximum atomic E-state index is 6.72. The monoisotopic (exact) mass is 432 g/mol. The second kappa shape index (κ2) is 6.78. The molecular weight excluding hydrogens is 416 g/mol. The zero-order chi connectivity index (χ0) is 21.0. The number of nitrogens with one attached hydrogen (secondary N) is 2. The summed E-state index contributed by atoms with van der Waals surface area (Å²) in [5.41, 5.74) is 4.35. The van der Waals surface area contributed by atoms with Gasteiger partial charge in [-0.2, -0.15) is 14.9 Å². The van der Waals surface area contributed by atoms with Crippen LogP contribution in [0, 0.1) is 6.92 Å². The summed E-state index contributed by atoms with van der Waals surface area (Å²) < 4.78 is 0. The fourth-order valence-corrected chi connectivity index (χ4v) is 4.19. The first-order valence-corrected chi connectivity index (χ1v) is 10.2. The van der Waals surface area contributed by atoms with Crippen LogP contribution in [0.5, 0.6) is 0 Å². The molecule has 8 nitrogen and oxygen atoms in total. The van der Waals surface area contributed by atoms with E-state index in [1.165, 1.54) is 0 Å². The van der Waals surface area contributed by atoms with E-state index in [0.29, 0.717) is 23.0 Å². The van der Waals surface area contributed by atoms with E-state index in [1.54, 1.807) is 6.20 Å². The van der Waals surface area contributed by atoms with Gasteiger partial charge in [-0.1, -0.05) is 35.9 Å². The number of rotatable bonds is 3. The molecule has 0 amide bonds. The van der Waals surface area contributed by atoms with Crippen LogP contribution in [0.15, 0.2) is 60.8 Å². The van der Waals surface area contributed by atoms with Crippen molar-refractivity contribution < 1.29 is 9.78 Å². The summed E-state index contributed by atoms with van der Waals surface area (Å²) in [5.74, 6) is 0.984. The first-order valence-electron chi connectivity index (χ1n) is 9.78. The predicted octanol–water partition coefficient (Wildman–Crippen LogP) is 4.66. The molecule has 0 saturated carbocycles. The molecule has 2 N–H and O–H groups in total. The minimum absolute atomic E-state index is 0.499. The van der Waals surface area contributed by atoms with Crippen molar-refractivity contribution in [2.24, 2.45) is 0 Å². The van der Waals surface area contributed by atoms with Crippen LogP contribution in [0.25, 0.3) is 11.4 Å². The minimum atomic E-state index is -1.14. The van der Waals surface area contributed by atoms with E-state index in [9.17, 15) is 0 Å². The Morgan fingerprint density at radius 2 is 1.97 bits per heavy atom. The van der Waals surface area contributed by atoms with E-state index in [0.717, 1.165) is 34.1 Å². The largest absolute Gasteiger partial charge is 0.339 e. The number of fused-ring (bicyclic) bond motifs is 2. The second-order valence-electron chi connectivity index (χ2n) is 7.43. The van der Waals surface area contributed by atoms with Crippen LogP contribution in [-0.2, 0) is 22.2 Å². The number of para-hydroxylation sites is 2. The van der Waals surface area contributed by atoms with Crippen LogP contribution in [0.2, 0.25) is 5.02 Å². The van der Waals surface area contributed by atoms with E-state index in [1.807, 2.05) is 66.4 Å². The maximum absolute atomic E-state index is 6.72. The summed E-state index contributed by atoms with van der Waals surface area (Å²) in [6, 6.07) is 17.5. The number of H-pyrrole nitrogens is 1. The topological polar surface area (TPSA) is 94.8 Å². The predicted molar refractivity (Wildman–Crippen MR) is 116 cm³/mol. The van der Waals surface area contributed by atoms with Crippen LogP contribution in [0.3, 0.4) is 0 Å². The lowest BCUT2D eigenvalue weighted by molar-refractivity contribution is 0.0850. The van der Waals surface area contributed by atoms with Crippen LogP contribution >= 0.6 is 11.6 Å². The van der Waals surface area contributed by atoms with Crippen molar-refractivity contribution in [3.8, 4) is 11.4 Å². The summed E-state index contributed by atoms with van der Waals surface area (Å²) in [4.78, 5) is 22.2. The van der Waals surface area contributed by atoms with Crippen LogP contribution < -0.4 is 10.2 Å². The van der Waals surface area contributed by atoms with Gasteiger partial charge >= 0.3 is 5.91 Å². The molecule has 9 heteroatoms. The van der Waals surface area contributed by atoms with E-state index in [2.05, 4.69) is 25.5 Å². The standard InChI is InChI=1S/C22H17ClN6O2/c1-13-25-21(28-27-13)14-8-9-16(17(23)11-14)22(30-31-22)29-12-15-5-4-10-24-20(15)26-18-6-2-3-7-19(18)29/h2-11H,12H2,1H3,(H,24,26)(H,25,27,28). The average Bonchev–Trinajstić information content (AvgIpc) is 3.49. The van der Waals surface area contributed by atoms with Gasteiger partial charge in [0.15, 0.2) is 5.82 Å². The maximum Gasteiger partial charge on any atom is 0.339 e. The van der Waals surface area contributed by atoms with E-state index in [-0.39, 0.29) is 0 Å². The van der Waals surface area contributed by atoms with E-state index >= 15 is 0 Å². The molecule has 0 spiro atoms. The van der Waals surface area contributed by atoms with Crippen molar-refractivity contribution in [1.82, 2.24) is 20.2 Å². The number of anilines is 3.